The highest BCUT2D eigenvalue weighted by Gasteiger charge is 2.22. The molecule has 1 amide bonds. The van der Waals surface area contributed by atoms with E-state index in [4.69, 9.17) is 0 Å². The number of thioether (sulfide) groups is 1. The van der Waals surface area contributed by atoms with Gasteiger partial charge < -0.3 is 10.2 Å². The van der Waals surface area contributed by atoms with E-state index in [9.17, 15) is 4.79 Å². The second kappa shape index (κ2) is 7.61. The molecule has 1 aliphatic heterocycles. The number of pyridine rings is 1. The zero-order valence-corrected chi connectivity index (χ0v) is 14.7. The molecule has 126 valence electrons. The minimum Gasteiger partial charge on any atom is -0.356 e. The van der Waals surface area contributed by atoms with Crippen molar-refractivity contribution in [2.24, 2.45) is 0 Å². The van der Waals surface area contributed by atoms with Crippen LogP contribution in [0.4, 0.5) is 5.82 Å². The Morgan fingerprint density at radius 3 is 2.75 bits per heavy atom. The highest BCUT2D eigenvalue weighted by atomic mass is 32.2. The maximum atomic E-state index is 12.2. The summed E-state index contributed by atoms with van der Waals surface area (Å²) >= 11 is 1.55. The van der Waals surface area contributed by atoms with Crippen molar-refractivity contribution in [3.8, 4) is 0 Å². The SMILES string of the molecule is CSc1nc(C)cc(N2CCC(NC(=O)c3ccccn3)CC2)n1. The van der Waals surface area contributed by atoms with E-state index in [1.165, 1.54) is 0 Å². The van der Waals surface area contributed by atoms with E-state index in [2.05, 4.69) is 25.2 Å². The number of amides is 1. The molecule has 1 fully saturated rings. The number of carbonyl (C=O) groups is 1. The summed E-state index contributed by atoms with van der Waals surface area (Å²) in [5, 5.41) is 3.88. The van der Waals surface area contributed by atoms with Gasteiger partial charge in [0.25, 0.3) is 5.91 Å². The van der Waals surface area contributed by atoms with Crippen molar-refractivity contribution in [2.45, 2.75) is 31.0 Å². The minimum atomic E-state index is -0.100. The van der Waals surface area contributed by atoms with Crippen LogP contribution >= 0.6 is 11.8 Å². The minimum absolute atomic E-state index is 0.100. The molecule has 1 saturated heterocycles. The zero-order valence-electron chi connectivity index (χ0n) is 13.9. The van der Waals surface area contributed by atoms with Gasteiger partial charge in [0.2, 0.25) is 0 Å². The van der Waals surface area contributed by atoms with Gasteiger partial charge in [-0.2, -0.15) is 0 Å². The lowest BCUT2D eigenvalue weighted by atomic mass is 10.0. The van der Waals surface area contributed by atoms with Gasteiger partial charge in [0.05, 0.1) is 0 Å². The molecule has 0 atom stereocenters. The number of anilines is 1. The molecule has 1 aliphatic rings. The normalized spacial score (nSPS) is 15.3. The molecule has 3 heterocycles. The fraction of sp³-hybridized carbons (Fsp3) is 0.412. The van der Waals surface area contributed by atoms with Crippen LogP contribution in [0.3, 0.4) is 0 Å². The Morgan fingerprint density at radius 2 is 2.08 bits per heavy atom. The number of piperidine rings is 1. The van der Waals surface area contributed by atoms with Crippen LogP contribution in [-0.2, 0) is 0 Å². The molecule has 2 aromatic heterocycles. The van der Waals surface area contributed by atoms with Crippen LogP contribution in [0, 0.1) is 6.92 Å². The highest BCUT2D eigenvalue weighted by molar-refractivity contribution is 7.98. The van der Waals surface area contributed by atoms with Crippen LogP contribution < -0.4 is 10.2 Å². The number of carbonyl (C=O) groups excluding carboxylic acids is 1. The van der Waals surface area contributed by atoms with Crippen LogP contribution in [0.15, 0.2) is 35.6 Å². The van der Waals surface area contributed by atoms with E-state index in [-0.39, 0.29) is 11.9 Å². The first-order valence-electron chi connectivity index (χ1n) is 8.02. The summed E-state index contributed by atoms with van der Waals surface area (Å²) in [7, 11) is 0. The number of aromatic nitrogens is 3. The van der Waals surface area contributed by atoms with Gasteiger partial charge in [-0.1, -0.05) is 17.8 Å². The van der Waals surface area contributed by atoms with E-state index < -0.39 is 0 Å². The molecule has 24 heavy (non-hydrogen) atoms. The Balaban J connectivity index is 1.58. The third-order valence-electron chi connectivity index (χ3n) is 4.05. The molecule has 2 aromatic rings. The first-order chi connectivity index (χ1) is 11.7. The monoisotopic (exact) mass is 343 g/mol. The maximum Gasteiger partial charge on any atom is 0.270 e. The largest absolute Gasteiger partial charge is 0.356 e. The second-order valence-corrected chi connectivity index (χ2v) is 6.58. The van der Waals surface area contributed by atoms with Gasteiger partial charge in [-0.3, -0.25) is 9.78 Å². The standard InChI is InChI=1S/C17H21N5OS/c1-12-11-15(21-17(19-12)24-2)22-9-6-13(7-10-22)20-16(23)14-5-3-4-8-18-14/h3-5,8,11,13H,6-7,9-10H2,1-2H3,(H,20,23). The van der Waals surface area contributed by atoms with Crippen LogP contribution in [0.5, 0.6) is 0 Å². The molecule has 3 rings (SSSR count). The number of aryl methyl sites for hydroxylation is 1. The molecule has 0 bridgehead atoms. The van der Waals surface area contributed by atoms with Gasteiger partial charge in [-0.15, -0.1) is 0 Å². The zero-order chi connectivity index (χ0) is 16.9. The molecule has 6 nitrogen and oxygen atoms in total. The van der Waals surface area contributed by atoms with Crippen LogP contribution in [0.1, 0.15) is 29.0 Å². The van der Waals surface area contributed by atoms with Crippen molar-refractivity contribution in [3.05, 3.63) is 41.9 Å². The Kier molecular flexibility index (Phi) is 5.30. The van der Waals surface area contributed by atoms with Gasteiger partial charge in [-0.25, -0.2) is 9.97 Å². The number of hydrogen-bond acceptors (Lipinski definition) is 6. The summed E-state index contributed by atoms with van der Waals surface area (Å²) in [5.74, 6) is 0.873. The lowest BCUT2D eigenvalue weighted by Crippen LogP contribution is -2.45. The van der Waals surface area contributed by atoms with E-state index in [0.717, 1.165) is 42.6 Å². The number of nitrogens with zero attached hydrogens (tertiary/aromatic N) is 4. The second-order valence-electron chi connectivity index (χ2n) is 5.80. The Morgan fingerprint density at radius 1 is 1.29 bits per heavy atom. The molecule has 0 spiro atoms. The summed E-state index contributed by atoms with van der Waals surface area (Å²) in [4.78, 5) is 27.5. The van der Waals surface area contributed by atoms with Gasteiger partial charge in [0.1, 0.15) is 11.5 Å². The van der Waals surface area contributed by atoms with E-state index in [1.807, 2.05) is 31.4 Å². The molecule has 0 aliphatic carbocycles. The smallest absolute Gasteiger partial charge is 0.270 e. The van der Waals surface area contributed by atoms with E-state index >= 15 is 0 Å². The summed E-state index contributed by atoms with van der Waals surface area (Å²) in [6.45, 7) is 3.74. The summed E-state index contributed by atoms with van der Waals surface area (Å²) < 4.78 is 0. The number of nitrogens with one attached hydrogen (secondary N) is 1. The Hall–Kier alpha value is -2.15. The Labute approximate surface area is 146 Å². The van der Waals surface area contributed by atoms with Crippen molar-refractivity contribution in [2.75, 3.05) is 24.2 Å². The van der Waals surface area contributed by atoms with Crippen molar-refractivity contribution < 1.29 is 4.79 Å². The predicted octanol–water partition coefficient (Wildman–Crippen LogP) is 2.30. The van der Waals surface area contributed by atoms with Gasteiger partial charge >= 0.3 is 0 Å². The molecule has 7 heteroatoms. The Bertz CT molecular complexity index is 701. The van der Waals surface area contributed by atoms with Crippen LogP contribution in [0.25, 0.3) is 0 Å². The quantitative estimate of drug-likeness (QED) is 0.678. The van der Waals surface area contributed by atoms with E-state index in [0.29, 0.717) is 5.69 Å². The molecule has 0 radical (unpaired) electrons. The summed E-state index contributed by atoms with van der Waals surface area (Å²) in [6, 6.07) is 7.57. The first-order valence-corrected chi connectivity index (χ1v) is 9.24. The lowest BCUT2D eigenvalue weighted by Gasteiger charge is -2.33. The molecule has 0 aromatic carbocycles. The van der Waals surface area contributed by atoms with Crippen molar-refractivity contribution in [1.82, 2.24) is 20.3 Å². The van der Waals surface area contributed by atoms with E-state index in [1.54, 1.807) is 24.0 Å². The third-order valence-corrected chi connectivity index (χ3v) is 4.60. The van der Waals surface area contributed by atoms with Crippen molar-refractivity contribution in [1.29, 1.82) is 0 Å². The third kappa shape index (κ3) is 4.03. The summed E-state index contributed by atoms with van der Waals surface area (Å²) in [5.41, 5.74) is 1.45. The van der Waals surface area contributed by atoms with Crippen molar-refractivity contribution in [3.63, 3.8) is 0 Å². The average molecular weight is 343 g/mol. The van der Waals surface area contributed by atoms with Crippen LogP contribution in [-0.4, -0.2) is 46.2 Å². The van der Waals surface area contributed by atoms with Gasteiger partial charge in [0.15, 0.2) is 5.16 Å². The predicted molar refractivity (Wildman–Crippen MR) is 95.5 cm³/mol. The first kappa shape index (κ1) is 16.7. The molecular weight excluding hydrogens is 322 g/mol. The fourth-order valence-corrected chi connectivity index (χ4v) is 3.21. The van der Waals surface area contributed by atoms with Crippen molar-refractivity contribution >= 4 is 23.5 Å². The maximum absolute atomic E-state index is 12.2. The average Bonchev–Trinajstić information content (AvgIpc) is 2.62. The highest BCUT2D eigenvalue weighted by Crippen LogP contribution is 2.21. The molecular formula is C17H21N5OS. The number of rotatable bonds is 4. The topological polar surface area (TPSA) is 71.0 Å². The summed E-state index contributed by atoms with van der Waals surface area (Å²) in [6.07, 6.45) is 5.42. The fourth-order valence-electron chi connectivity index (χ4n) is 2.79. The molecule has 0 unspecified atom stereocenters. The van der Waals surface area contributed by atoms with Gasteiger partial charge in [-0.05, 0) is 38.2 Å². The number of hydrogen-bond donors (Lipinski definition) is 1. The molecule has 1 N–H and O–H groups in total. The lowest BCUT2D eigenvalue weighted by molar-refractivity contribution is 0.0926. The van der Waals surface area contributed by atoms with Crippen LogP contribution in [0.2, 0.25) is 0 Å². The molecule has 0 saturated carbocycles. The van der Waals surface area contributed by atoms with Gasteiger partial charge in [0, 0.05) is 37.1 Å².